The van der Waals surface area contributed by atoms with Crippen molar-refractivity contribution in [3.63, 3.8) is 0 Å². The standard InChI is InChI=1S/C17H23NO3/c1-12-5-3-7-14(11-12)8-9-15(19)18-10-4-6-13(2)16(18)17(20)21/h3,5,7,11,13,16H,4,6,8-10H2,1-2H3,(H,20,21). The molecule has 2 unspecified atom stereocenters. The van der Waals surface area contributed by atoms with E-state index in [2.05, 4.69) is 6.07 Å². The van der Waals surface area contributed by atoms with Crippen molar-refractivity contribution in [3.8, 4) is 0 Å². The molecule has 1 N–H and O–H groups in total. The molecule has 1 amide bonds. The van der Waals surface area contributed by atoms with Crippen LogP contribution in [0.15, 0.2) is 24.3 Å². The molecule has 4 nitrogen and oxygen atoms in total. The highest BCUT2D eigenvalue weighted by atomic mass is 16.4. The Kier molecular flexibility index (Phi) is 4.99. The zero-order valence-electron chi connectivity index (χ0n) is 12.7. The molecule has 1 aliphatic rings. The minimum atomic E-state index is -0.883. The Balaban J connectivity index is 2.00. The van der Waals surface area contributed by atoms with Crippen molar-refractivity contribution >= 4 is 11.9 Å². The van der Waals surface area contributed by atoms with Gasteiger partial charge in [-0.05, 0) is 37.7 Å². The van der Waals surface area contributed by atoms with Crippen molar-refractivity contribution in [2.24, 2.45) is 5.92 Å². The lowest BCUT2D eigenvalue weighted by Gasteiger charge is -2.37. The van der Waals surface area contributed by atoms with E-state index in [1.807, 2.05) is 32.0 Å². The summed E-state index contributed by atoms with van der Waals surface area (Å²) in [4.78, 5) is 25.3. The van der Waals surface area contributed by atoms with Gasteiger partial charge < -0.3 is 10.0 Å². The number of rotatable bonds is 4. The van der Waals surface area contributed by atoms with Gasteiger partial charge in [0.15, 0.2) is 0 Å². The molecule has 21 heavy (non-hydrogen) atoms. The smallest absolute Gasteiger partial charge is 0.326 e. The SMILES string of the molecule is Cc1cccc(CCC(=O)N2CCCC(C)C2C(=O)O)c1. The number of benzene rings is 1. The van der Waals surface area contributed by atoms with E-state index in [9.17, 15) is 14.7 Å². The van der Waals surface area contributed by atoms with Crippen LogP contribution in [0.2, 0.25) is 0 Å². The third kappa shape index (κ3) is 3.84. The van der Waals surface area contributed by atoms with Gasteiger partial charge in [0.05, 0.1) is 0 Å². The van der Waals surface area contributed by atoms with Gasteiger partial charge in [-0.3, -0.25) is 4.79 Å². The lowest BCUT2D eigenvalue weighted by atomic mass is 9.90. The third-order valence-corrected chi connectivity index (χ3v) is 4.22. The maximum absolute atomic E-state index is 12.4. The first-order chi connectivity index (χ1) is 9.99. The van der Waals surface area contributed by atoms with Crippen molar-refractivity contribution in [2.45, 2.75) is 45.6 Å². The molecule has 1 fully saturated rings. The molecule has 1 heterocycles. The van der Waals surface area contributed by atoms with Gasteiger partial charge in [0.2, 0.25) is 5.91 Å². The number of carbonyl (C=O) groups excluding carboxylic acids is 1. The van der Waals surface area contributed by atoms with Crippen LogP contribution < -0.4 is 0 Å². The zero-order chi connectivity index (χ0) is 15.4. The number of likely N-dealkylation sites (tertiary alicyclic amines) is 1. The Bertz CT molecular complexity index is 527. The third-order valence-electron chi connectivity index (χ3n) is 4.22. The number of carboxylic acid groups (broad SMARTS) is 1. The number of piperidine rings is 1. The highest BCUT2D eigenvalue weighted by molar-refractivity contribution is 5.84. The van der Waals surface area contributed by atoms with E-state index in [-0.39, 0.29) is 11.8 Å². The number of nitrogens with zero attached hydrogens (tertiary/aromatic N) is 1. The number of aryl methyl sites for hydroxylation is 2. The molecule has 0 saturated carbocycles. The Morgan fingerprint density at radius 2 is 2.14 bits per heavy atom. The van der Waals surface area contributed by atoms with Crippen LogP contribution in [0, 0.1) is 12.8 Å². The molecular formula is C17H23NO3. The molecule has 2 atom stereocenters. The fraction of sp³-hybridized carbons (Fsp3) is 0.529. The summed E-state index contributed by atoms with van der Waals surface area (Å²) in [5, 5.41) is 9.36. The van der Waals surface area contributed by atoms with Crippen LogP contribution in [0.4, 0.5) is 0 Å². The maximum Gasteiger partial charge on any atom is 0.326 e. The molecule has 1 saturated heterocycles. The molecule has 1 aliphatic heterocycles. The van der Waals surface area contributed by atoms with Crippen molar-refractivity contribution < 1.29 is 14.7 Å². The van der Waals surface area contributed by atoms with E-state index in [1.54, 1.807) is 4.90 Å². The van der Waals surface area contributed by atoms with Crippen LogP contribution in [0.1, 0.15) is 37.3 Å². The summed E-state index contributed by atoms with van der Waals surface area (Å²) in [5.74, 6) is -0.902. The number of carbonyl (C=O) groups is 2. The van der Waals surface area contributed by atoms with E-state index in [0.717, 1.165) is 18.4 Å². The first-order valence-electron chi connectivity index (χ1n) is 7.57. The lowest BCUT2D eigenvalue weighted by Crippen LogP contribution is -2.51. The van der Waals surface area contributed by atoms with Crippen LogP contribution in [0.25, 0.3) is 0 Å². The monoisotopic (exact) mass is 289 g/mol. The average Bonchev–Trinajstić information content (AvgIpc) is 2.44. The van der Waals surface area contributed by atoms with Gasteiger partial charge in [0.25, 0.3) is 0 Å². The molecule has 114 valence electrons. The van der Waals surface area contributed by atoms with Gasteiger partial charge in [-0.2, -0.15) is 0 Å². The largest absolute Gasteiger partial charge is 0.480 e. The number of aliphatic carboxylic acids is 1. The predicted octanol–water partition coefficient (Wildman–Crippen LogP) is 2.64. The molecule has 1 aromatic rings. The highest BCUT2D eigenvalue weighted by Crippen LogP contribution is 2.24. The fourth-order valence-electron chi connectivity index (χ4n) is 3.11. The summed E-state index contributed by atoms with van der Waals surface area (Å²) >= 11 is 0. The quantitative estimate of drug-likeness (QED) is 0.927. The Labute approximate surface area is 125 Å². The minimum absolute atomic E-state index is 0.0270. The van der Waals surface area contributed by atoms with Crippen LogP contribution >= 0.6 is 0 Å². The van der Waals surface area contributed by atoms with Crippen molar-refractivity contribution in [1.82, 2.24) is 4.90 Å². The number of hydrogen-bond donors (Lipinski definition) is 1. The lowest BCUT2D eigenvalue weighted by molar-refractivity contribution is -0.154. The van der Waals surface area contributed by atoms with E-state index < -0.39 is 12.0 Å². The van der Waals surface area contributed by atoms with Gasteiger partial charge in [-0.25, -0.2) is 4.79 Å². The number of amides is 1. The summed E-state index contributed by atoms with van der Waals surface area (Å²) in [6, 6.07) is 7.42. The molecular weight excluding hydrogens is 266 g/mol. The van der Waals surface area contributed by atoms with Gasteiger partial charge in [0.1, 0.15) is 6.04 Å². The Morgan fingerprint density at radius 1 is 1.38 bits per heavy atom. The minimum Gasteiger partial charge on any atom is -0.480 e. The maximum atomic E-state index is 12.4. The summed E-state index contributed by atoms with van der Waals surface area (Å²) in [6.45, 7) is 4.50. The van der Waals surface area contributed by atoms with Crippen LogP contribution in [-0.2, 0) is 16.0 Å². The molecule has 1 aromatic carbocycles. The van der Waals surface area contributed by atoms with E-state index in [0.29, 0.717) is 19.4 Å². The summed E-state index contributed by atoms with van der Waals surface area (Å²) in [6.07, 6.45) is 2.80. The second kappa shape index (κ2) is 6.74. The molecule has 2 rings (SSSR count). The van der Waals surface area contributed by atoms with Crippen molar-refractivity contribution in [3.05, 3.63) is 35.4 Å². The topological polar surface area (TPSA) is 57.6 Å². The first-order valence-corrected chi connectivity index (χ1v) is 7.57. The Morgan fingerprint density at radius 3 is 2.81 bits per heavy atom. The first kappa shape index (κ1) is 15.5. The number of hydrogen-bond acceptors (Lipinski definition) is 2. The molecule has 0 radical (unpaired) electrons. The van der Waals surface area contributed by atoms with Gasteiger partial charge in [0, 0.05) is 13.0 Å². The molecule has 0 aliphatic carbocycles. The normalized spacial score (nSPS) is 22.1. The molecule has 0 bridgehead atoms. The fourth-order valence-corrected chi connectivity index (χ4v) is 3.11. The average molecular weight is 289 g/mol. The second-order valence-corrected chi connectivity index (χ2v) is 5.98. The van der Waals surface area contributed by atoms with Gasteiger partial charge in [-0.15, -0.1) is 0 Å². The zero-order valence-corrected chi connectivity index (χ0v) is 12.7. The Hall–Kier alpha value is -1.84. The highest BCUT2D eigenvalue weighted by Gasteiger charge is 2.36. The van der Waals surface area contributed by atoms with Crippen LogP contribution in [-0.4, -0.2) is 34.5 Å². The molecule has 0 aromatic heterocycles. The molecule has 4 heteroatoms. The van der Waals surface area contributed by atoms with Crippen molar-refractivity contribution in [1.29, 1.82) is 0 Å². The summed E-state index contributed by atoms with van der Waals surface area (Å²) in [5.41, 5.74) is 2.30. The van der Waals surface area contributed by atoms with Gasteiger partial charge >= 0.3 is 5.97 Å². The second-order valence-electron chi connectivity index (χ2n) is 5.98. The van der Waals surface area contributed by atoms with E-state index in [4.69, 9.17) is 0 Å². The van der Waals surface area contributed by atoms with E-state index in [1.165, 1.54) is 5.56 Å². The van der Waals surface area contributed by atoms with Crippen LogP contribution in [0.5, 0.6) is 0 Å². The summed E-state index contributed by atoms with van der Waals surface area (Å²) < 4.78 is 0. The van der Waals surface area contributed by atoms with Gasteiger partial charge in [-0.1, -0.05) is 36.8 Å². The number of carboxylic acids is 1. The van der Waals surface area contributed by atoms with E-state index >= 15 is 0 Å². The van der Waals surface area contributed by atoms with Crippen molar-refractivity contribution in [2.75, 3.05) is 6.54 Å². The molecule has 0 spiro atoms. The predicted molar refractivity (Wildman–Crippen MR) is 81.0 cm³/mol. The van der Waals surface area contributed by atoms with Crippen LogP contribution in [0.3, 0.4) is 0 Å². The summed E-state index contributed by atoms with van der Waals surface area (Å²) in [7, 11) is 0.